The number of aromatic nitrogens is 7. The Morgan fingerprint density at radius 1 is 0.818 bits per heavy atom. The van der Waals surface area contributed by atoms with Gasteiger partial charge in [0.25, 0.3) is 0 Å². The molecule has 0 radical (unpaired) electrons. The molecule has 0 fully saturated rings. The summed E-state index contributed by atoms with van der Waals surface area (Å²) in [5.74, 6) is 0.900. The Hall–Kier alpha value is -2.66. The molecular weight excluding hydrogens is 593 g/mol. The Morgan fingerprint density at radius 2 is 1.36 bits per heavy atom. The second-order valence-electron chi connectivity index (χ2n) is 8.44. The Bertz CT molecular complexity index is 1090. The normalized spacial score (nSPS) is 10.7. The van der Waals surface area contributed by atoms with Gasteiger partial charge in [0.05, 0.1) is 11.4 Å². The second kappa shape index (κ2) is 12.5. The van der Waals surface area contributed by atoms with E-state index in [0.29, 0.717) is 11.8 Å². The average molecular weight is 625 g/mol. The largest absolute Gasteiger partial charge is 2.00 e. The van der Waals surface area contributed by atoms with E-state index in [9.17, 15) is 0 Å². The van der Waals surface area contributed by atoms with Crippen LogP contribution in [0.3, 0.4) is 0 Å². The second-order valence-corrected chi connectivity index (χ2v) is 8.44. The van der Waals surface area contributed by atoms with Gasteiger partial charge in [0.1, 0.15) is 0 Å². The van der Waals surface area contributed by atoms with E-state index in [1.807, 2.05) is 18.2 Å². The zero-order valence-electron chi connectivity index (χ0n) is 20.1. The summed E-state index contributed by atoms with van der Waals surface area (Å²) in [7, 11) is 0. The van der Waals surface area contributed by atoms with Gasteiger partial charge in [-0.3, -0.25) is 15.0 Å². The molecule has 0 aliphatic rings. The van der Waals surface area contributed by atoms with Crippen molar-refractivity contribution in [1.82, 2.24) is 35.3 Å². The molecule has 0 unspecified atom stereocenters. The number of nitrogens with zero attached hydrogens (tertiary/aromatic N) is 7. The van der Waals surface area contributed by atoms with Crippen LogP contribution in [0.5, 0.6) is 0 Å². The summed E-state index contributed by atoms with van der Waals surface area (Å²) in [5, 5.41) is 17.6. The van der Waals surface area contributed by atoms with Crippen LogP contribution < -0.4 is 10.2 Å². The fourth-order valence-electron chi connectivity index (χ4n) is 3.62. The first-order valence-corrected chi connectivity index (χ1v) is 11.1. The maximum Gasteiger partial charge on any atom is 2.00 e. The maximum absolute atomic E-state index is 4.85. The van der Waals surface area contributed by atoms with Crippen LogP contribution in [-0.2, 0) is 33.9 Å². The monoisotopic (exact) mass is 624 g/mol. The van der Waals surface area contributed by atoms with Gasteiger partial charge in [-0.2, -0.15) is 0 Å². The molecule has 0 aromatic carbocycles. The van der Waals surface area contributed by atoms with E-state index in [2.05, 4.69) is 71.9 Å². The molecule has 0 saturated heterocycles. The van der Waals surface area contributed by atoms with Gasteiger partial charge in [-0.1, -0.05) is 52.1 Å². The number of pyridine rings is 1. The molecule has 4 aromatic rings. The SMILES string of the molecule is CCc1n[n-]c(-c2cccc(-c3[n-]nc(CC(C)C)c3C(C)C)n2)c1C.[Pt+2].c1cnccn1. The van der Waals surface area contributed by atoms with Crippen molar-refractivity contribution in [2.75, 3.05) is 0 Å². The van der Waals surface area contributed by atoms with Crippen molar-refractivity contribution in [1.29, 1.82) is 0 Å². The molecule has 0 bridgehead atoms. The standard InChI is InChI=1S/C21H27N5.C4H4N2.Pt/c1-7-15-14(6)20(25-23-15)16-9-8-10-17(22-16)21-19(13(4)5)18(24-26-21)11-12(2)3;1-2-6-4-3-5-1;/h8-10,12-13H,7,11H2,1-6H3;1-4H;/q-2;;+2. The van der Waals surface area contributed by atoms with E-state index >= 15 is 0 Å². The fraction of sp³-hybridized carbons (Fsp3) is 0.400. The topological polar surface area (TPSA) is 92.7 Å². The Labute approximate surface area is 210 Å². The van der Waals surface area contributed by atoms with Crippen LogP contribution in [0.15, 0.2) is 43.0 Å². The summed E-state index contributed by atoms with van der Waals surface area (Å²) >= 11 is 0. The molecule has 33 heavy (non-hydrogen) atoms. The minimum absolute atomic E-state index is 0. The smallest absolute Gasteiger partial charge is 0.573 e. The summed E-state index contributed by atoms with van der Waals surface area (Å²) in [5.41, 5.74) is 7.89. The van der Waals surface area contributed by atoms with Gasteiger partial charge in [0.15, 0.2) is 0 Å². The molecule has 0 amide bonds. The molecule has 0 N–H and O–H groups in total. The molecule has 0 spiro atoms. The van der Waals surface area contributed by atoms with Gasteiger partial charge in [0.2, 0.25) is 0 Å². The van der Waals surface area contributed by atoms with E-state index in [4.69, 9.17) is 4.98 Å². The van der Waals surface area contributed by atoms with Crippen molar-refractivity contribution in [3.8, 4) is 22.8 Å². The number of hydrogen-bond acceptors (Lipinski definition) is 5. The first kappa shape index (κ1) is 26.6. The first-order chi connectivity index (χ1) is 15.4. The fourth-order valence-corrected chi connectivity index (χ4v) is 3.62. The van der Waals surface area contributed by atoms with E-state index in [1.54, 1.807) is 24.8 Å². The van der Waals surface area contributed by atoms with Crippen molar-refractivity contribution in [3.63, 3.8) is 0 Å². The zero-order valence-corrected chi connectivity index (χ0v) is 22.3. The van der Waals surface area contributed by atoms with Crippen LogP contribution in [0.4, 0.5) is 0 Å². The minimum atomic E-state index is 0. The molecule has 7 nitrogen and oxygen atoms in total. The van der Waals surface area contributed by atoms with Gasteiger partial charge in [0, 0.05) is 36.2 Å². The van der Waals surface area contributed by atoms with E-state index in [-0.39, 0.29) is 21.1 Å². The van der Waals surface area contributed by atoms with E-state index in [0.717, 1.165) is 52.6 Å². The van der Waals surface area contributed by atoms with Crippen LogP contribution in [0.1, 0.15) is 63.1 Å². The summed E-state index contributed by atoms with van der Waals surface area (Å²) in [4.78, 5) is 12.3. The van der Waals surface area contributed by atoms with Crippen LogP contribution in [0.2, 0.25) is 0 Å². The molecule has 4 rings (SSSR count). The molecule has 0 atom stereocenters. The van der Waals surface area contributed by atoms with Gasteiger partial charge < -0.3 is 20.4 Å². The van der Waals surface area contributed by atoms with Crippen molar-refractivity contribution < 1.29 is 21.1 Å². The molecule has 4 aromatic heterocycles. The van der Waals surface area contributed by atoms with Gasteiger partial charge >= 0.3 is 21.1 Å². The number of aryl methyl sites for hydroxylation is 1. The maximum atomic E-state index is 4.85. The molecule has 0 saturated carbocycles. The predicted molar refractivity (Wildman–Crippen MR) is 126 cm³/mol. The van der Waals surface area contributed by atoms with Crippen LogP contribution in [0, 0.1) is 12.8 Å². The zero-order chi connectivity index (χ0) is 23.1. The molecule has 0 aliphatic carbocycles. The third-order valence-electron chi connectivity index (χ3n) is 5.12. The van der Waals surface area contributed by atoms with Crippen molar-refractivity contribution in [2.45, 2.75) is 60.3 Å². The number of hydrogen-bond donors (Lipinski definition) is 0. The molecule has 0 aliphatic heterocycles. The average Bonchev–Trinajstić information content (AvgIpc) is 3.38. The van der Waals surface area contributed by atoms with Crippen molar-refractivity contribution in [2.24, 2.45) is 5.92 Å². The van der Waals surface area contributed by atoms with Crippen LogP contribution in [-0.4, -0.2) is 25.1 Å². The van der Waals surface area contributed by atoms with Crippen LogP contribution >= 0.6 is 0 Å². The van der Waals surface area contributed by atoms with Crippen molar-refractivity contribution in [3.05, 3.63) is 65.5 Å². The third kappa shape index (κ3) is 6.67. The summed E-state index contributed by atoms with van der Waals surface area (Å²) in [6.07, 6.45) is 8.37. The predicted octanol–water partition coefficient (Wildman–Crippen LogP) is 4.79. The van der Waals surface area contributed by atoms with E-state index in [1.165, 1.54) is 5.56 Å². The Balaban J connectivity index is 0.000000479. The quantitative estimate of drug-likeness (QED) is 0.305. The van der Waals surface area contributed by atoms with Gasteiger partial charge in [-0.25, -0.2) is 0 Å². The molecule has 8 heteroatoms. The molecule has 4 heterocycles. The molecular formula is C25H31N7Pt. The summed E-state index contributed by atoms with van der Waals surface area (Å²) in [6, 6.07) is 6.00. The van der Waals surface area contributed by atoms with E-state index < -0.39 is 0 Å². The summed E-state index contributed by atoms with van der Waals surface area (Å²) in [6.45, 7) is 13.0. The van der Waals surface area contributed by atoms with Crippen molar-refractivity contribution >= 4 is 0 Å². The van der Waals surface area contributed by atoms with Gasteiger partial charge in [-0.15, -0.1) is 0 Å². The summed E-state index contributed by atoms with van der Waals surface area (Å²) < 4.78 is 0. The number of rotatable bonds is 6. The Kier molecular flexibility index (Phi) is 10.1. The molecule has 176 valence electrons. The Morgan fingerprint density at radius 3 is 1.85 bits per heavy atom. The minimum Gasteiger partial charge on any atom is -0.573 e. The third-order valence-corrected chi connectivity index (χ3v) is 5.12. The van der Waals surface area contributed by atoms with Gasteiger partial charge in [-0.05, 0) is 54.9 Å². The first-order valence-electron chi connectivity index (χ1n) is 11.1. The van der Waals surface area contributed by atoms with Crippen LogP contribution in [0.25, 0.3) is 22.8 Å².